The number of para-hydroxylation sites is 4. The van der Waals surface area contributed by atoms with E-state index in [2.05, 4.69) is 349 Å². The van der Waals surface area contributed by atoms with Crippen molar-refractivity contribution in [2.75, 3.05) is 9.80 Å². The molecular formula is C78H69N5OPt. The van der Waals surface area contributed by atoms with Crippen molar-refractivity contribution in [3.63, 3.8) is 0 Å². The fourth-order valence-electron chi connectivity index (χ4n) is 11.8. The average molecular weight is 1290 g/mol. The van der Waals surface area contributed by atoms with Crippen LogP contribution in [-0.2, 0) is 35.6 Å². The van der Waals surface area contributed by atoms with E-state index < -0.39 is 0 Å². The van der Waals surface area contributed by atoms with Crippen molar-refractivity contribution in [3.8, 4) is 67.4 Å². The molecule has 13 rings (SSSR count). The van der Waals surface area contributed by atoms with Gasteiger partial charge in [-0.15, -0.1) is 0 Å². The van der Waals surface area contributed by atoms with E-state index >= 15 is 0 Å². The third-order valence-electron chi connectivity index (χ3n) is 16.4. The SMILES string of the molecule is CC(C)(C)c1cc(-n2[c](=[Pt])n(-c3cccc(Oc4ccc5c(c4)N(c4cc(C(C)(C)C)ccn4)c4ccccc4-c4cc(-c6ccccc6)ccc4N(c4ccccc4)c4ccc(-c6ccccc6)cc4-5)c3)c3ccccc32)cc(C(C)(C)C)c1. The number of fused-ring (bicyclic) bond motifs is 7. The molecule has 1 aliphatic heterocycles. The summed E-state index contributed by atoms with van der Waals surface area (Å²) >= 11 is 2.52. The van der Waals surface area contributed by atoms with Crippen molar-refractivity contribution >= 4 is 45.3 Å². The van der Waals surface area contributed by atoms with Gasteiger partial charge in [0.25, 0.3) is 0 Å². The Hall–Kier alpha value is -9.09. The summed E-state index contributed by atoms with van der Waals surface area (Å²) in [6.07, 6.45) is 1.96. The third-order valence-corrected chi connectivity index (χ3v) is 17.4. The Morgan fingerprint density at radius 3 is 1.41 bits per heavy atom. The van der Waals surface area contributed by atoms with Crippen LogP contribution in [0.15, 0.2) is 255 Å². The molecule has 10 aromatic carbocycles. The van der Waals surface area contributed by atoms with E-state index in [0.717, 1.165) is 105 Å². The summed E-state index contributed by atoms with van der Waals surface area (Å²) in [6.45, 7) is 20.6. The van der Waals surface area contributed by atoms with Gasteiger partial charge in [-0.3, -0.25) is 0 Å². The molecule has 0 aliphatic carbocycles. The molecule has 0 saturated carbocycles. The maximum absolute atomic E-state index is 7.25. The van der Waals surface area contributed by atoms with Crippen molar-refractivity contribution in [2.45, 2.75) is 78.6 Å². The summed E-state index contributed by atoms with van der Waals surface area (Å²) in [5.41, 5.74) is 21.7. The average Bonchev–Trinajstić information content (AvgIpc) is 2.87. The van der Waals surface area contributed by atoms with Crippen LogP contribution in [0.3, 0.4) is 0 Å². The number of pyridine rings is 1. The van der Waals surface area contributed by atoms with Gasteiger partial charge in [0, 0.05) is 17.4 Å². The van der Waals surface area contributed by atoms with Crippen LogP contribution in [0.2, 0.25) is 0 Å². The van der Waals surface area contributed by atoms with Crippen molar-refractivity contribution < 1.29 is 24.1 Å². The first-order valence-corrected chi connectivity index (χ1v) is 30.5. The summed E-state index contributed by atoms with van der Waals surface area (Å²) in [5.74, 6) is 2.20. The number of imidazole rings is 1. The van der Waals surface area contributed by atoms with Crippen LogP contribution in [0.25, 0.3) is 66.9 Å². The van der Waals surface area contributed by atoms with Crippen LogP contribution in [0.1, 0.15) is 79.0 Å². The standard InChI is InChI=1S/C78H69N5O.Pt/c1-76(2,3)57-42-43-79-75(49-57)83-69-33-20-19-32-65(69)67-44-55(53-24-13-10-14-25-53)36-40-70(67)82(60-28-17-12-18-29-60)71-41-37-56(54-26-15-11-16-27-54)45-68(71)66-39-38-64(51-74(66)83)84-63-31-23-30-61(50-63)80-52-81(73-35-22-21-34-72(73)80)62-47-58(77(4,5)6)46-59(48-62)78(7,8)9;/h10-51H,1-9H3;. The van der Waals surface area contributed by atoms with E-state index in [1.165, 1.54) is 16.7 Å². The van der Waals surface area contributed by atoms with E-state index in [-0.39, 0.29) is 16.2 Å². The zero-order chi connectivity index (χ0) is 58.8. The molecule has 0 N–H and O–H groups in total. The number of ether oxygens (including phenoxy) is 1. The fraction of sp³-hybridized carbons (Fsp3) is 0.154. The van der Waals surface area contributed by atoms with Gasteiger partial charge in [-0.05, 0) is 69.6 Å². The second kappa shape index (κ2) is 21.8. The van der Waals surface area contributed by atoms with Crippen LogP contribution in [0, 0.1) is 3.80 Å². The second-order valence-electron chi connectivity index (χ2n) is 25.3. The zero-order valence-electron chi connectivity index (χ0n) is 49.7. The molecule has 7 heteroatoms. The number of rotatable bonds is 8. The number of anilines is 6. The molecule has 2 aromatic heterocycles. The molecule has 3 heterocycles. The summed E-state index contributed by atoms with van der Waals surface area (Å²) in [7, 11) is 0. The Morgan fingerprint density at radius 1 is 0.329 bits per heavy atom. The van der Waals surface area contributed by atoms with E-state index in [4.69, 9.17) is 9.72 Å². The number of hydrogen-bond donors (Lipinski definition) is 0. The Morgan fingerprint density at radius 2 is 0.824 bits per heavy atom. The monoisotopic (exact) mass is 1290 g/mol. The van der Waals surface area contributed by atoms with Gasteiger partial charge in [-0.1, -0.05) is 130 Å². The molecule has 0 unspecified atom stereocenters. The van der Waals surface area contributed by atoms with Gasteiger partial charge in [-0.25, -0.2) is 0 Å². The molecule has 0 bridgehead atoms. The van der Waals surface area contributed by atoms with E-state index in [1.54, 1.807) is 0 Å². The first kappa shape index (κ1) is 55.1. The normalized spacial score (nSPS) is 12.6. The Labute approximate surface area is 511 Å². The summed E-state index contributed by atoms with van der Waals surface area (Å²) in [6, 6.07) is 90.2. The number of nitrogens with zero attached hydrogens (tertiary/aromatic N) is 5. The first-order valence-electron chi connectivity index (χ1n) is 29.3. The minimum absolute atomic E-state index is 0.0395. The van der Waals surface area contributed by atoms with Crippen molar-refractivity contribution in [1.29, 1.82) is 0 Å². The van der Waals surface area contributed by atoms with Crippen LogP contribution >= 0.6 is 0 Å². The molecule has 0 fully saturated rings. The minimum atomic E-state index is -0.161. The Bertz CT molecular complexity index is 4510. The molecular weight excluding hydrogens is 1220 g/mol. The quantitative estimate of drug-likeness (QED) is 0.152. The first-order chi connectivity index (χ1) is 41.0. The molecule has 85 heavy (non-hydrogen) atoms. The van der Waals surface area contributed by atoms with Crippen LogP contribution in [-0.4, -0.2) is 14.1 Å². The summed E-state index contributed by atoms with van der Waals surface area (Å²) in [5, 5.41) is 0. The van der Waals surface area contributed by atoms with Crippen molar-refractivity contribution in [3.05, 3.63) is 275 Å². The molecule has 0 amide bonds. The molecule has 0 atom stereocenters. The number of aromatic nitrogens is 3. The Kier molecular flexibility index (Phi) is 14.2. The van der Waals surface area contributed by atoms with Gasteiger partial charge in [-0.2, -0.15) is 0 Å². The van der Waals surface area contributed by atoms with Gasteiger partial charge >= 0.3 is 287 Å². The maximum atomic E-state index is 7.25. The summed E-state index contributed by atoms with van der Waals surface area (Å²) in [4.78, 5) is 10.1. The van der Waals surface area contributed by atoms with Crippen LogP contribution in [0.4, 0.5) is 34.3 Å². The number of hydrogen-bond acceptors (Lipinski definition) is 4. The fourth-order valence-corrected chi connectivity index (χ4v) is 12.9. The van der Waals surface area contributed by atoms with Crippen molar-refractivity contribution in [2.24, 2.45) is 0 Å². The van der Waals surface area contributed by atoms with Gasteiger partial charge in [0.15, 0.2) is 0 Å². The Balaban J connectivity index is 1.05. The second-order valence-corrected chi connectivity index (χ2v) is 26.3. The molecule has 1 aliphatic rings. The van der Waals surface area contributed by atoms with Gasteiger partial charge in [0.05, 0.1) is 5.69 Å². The van der Waals surface area contributed by atoms with Crippen LogP contribution in [0.5, 0.6) is 11.5 Å². The van der Waals surface area contributed by atoms with Crippen LogP contribution < -0.4 is 14.5 Å². The zero-order valence-corrected chi connectivity index (χ0v) is 52.0. The third kappa shape index (κ3) is 10.6. The topological polar surface area (TPSA) is 38.5 Å². The molecule has 6 nitrogen and oxygen atoms in total. The van der Waals surface area contributed by atoms with Gasteiger partial charge in [0.2, 0.25) is 0 Å². The summed E-state index contributed by atoms with van der Waals surface area (Å²) < 4.78 is 13.1. The molecule has 422 valence electrons. The van der Waals surface area contributed by atoms with Crippen molar-refractivity contribution in [1.82, 2.24) is 14.1 Å². The van der Waals surface area contributed by atoms with E-state index in [1.807, 2.05) is 6.20 Å². The van der Waals surface area contributed by atoms with E-state index in [9.17, 15) is 0 Å². The van der Waals surface area contributed by atoms with Gasteiger partial charge in [0.1, 0.15) is 0 Å². The number of benzene rings is 10. The predicted octanol–water partition coefficient (Wildman–Crippen LogP) is 21.5. The predicted molar refractivity (Wildman–Crippen MR) is 351 cm³/mol. The molecule has 0 spiro atoms. The van der Waals surface area contributed by atoms with Gasteiger partial charge < -0.3 is 4.90 Å². The van der Waals surface area contributed by atoms with E-state index in [0.29, 0.717) is 11.5 Å². The molecule has 12 aromatic rings. The molecule has 0 saturated heterocycles. The molecule has 0 radical (unpaired) electrons.